The Hall–Kier alpha value is -3.38. The fourth-order valence-electron chi connectivity index (χ4n) is 17.9. The molecule has 7 aliphatic carbocycles. The van der Waals surface area contributed by atoms with E-state index >= 15 is 4.79 Å². The first-order valence-corrected chi connectivity index (χ1v) is 26.1. The second-order valence-electron chi connectivity index (χ2n) is 24.1. The molecule has 11 rings (SSSR count). The summed E-state index contributed by atoms with van der Waals surface area (Å²) in [6.07, 6.45) is 14.1. The number of Topliss-reactive ketones (excluding diaryl/α,β-unsaturated/α-hetero) is 2. The number of aliphatic hydroxyl groups excluding tert-OH is 2. The molecule has 67 heavy (non-hydrogen) atoms. The highest BCUT2D eigenvalue weighted by Crippen LogP contribution is 2.78. The minimum absolute atomic E-state index is 0.0222. The molecule has 9 aliphatic rings. The number of carbonyl (C=O) groups excluding carboxylic acids is 2. The van der Waals surface area contributed by atoms with E-state index < -0.39 is 44.9 Å². The van der Waals surface area contributed by atoms with Gasteiger partial charge in [0.1, 0.15) is 17.6 Å². The summed E-state index contributed by atoms with van der Waals surface area (Å²) in [6.45, 7) is 12.0. The molecule has 2 bridgehead atoms. The molecule has 8 N–H and O–H groups in total. The van der Waals surface area contributed by atoms with Gasteiger partial charge >= 0.3 is 0 Å². The summed E-state index contributed by atoms with van der Waals surface area (Å²) in [5.41, 5.74) is 8.54. The minimum Gasteiger partial charge on any atom is -0.508 e. The maximum atomic E-state index is 15.9. The number of phenols is 1. The van der Waals surface area contributed by atoms with Crippen LogP contribution in [-0.2, 0) is 20.9 Å². The number of aromatic hydroxyl groups is 1. The van der Waals surface area contributed by atoms with E-state index in [2.05, 4.69) is 68.7 Å². The van der Waals surface area contributed by atoms with E-state index in [1.54, 1.807) is 6.07 Å². The lowest BCUT2D eigenvalue weighted by molar-refractivity contribution is -0.220. The third kappa shape index (κ3) is 7.21. The summed E-state index contributed by atoms with van der Waals surface area (Å²) in [5.74, 6) is 0.383. The fraction of sp³-hybridized carbons (Fsp3) is 0.684. The number of benzene rings is 2. The van der Waals surface area contributed by atoms with Gasteiger partial charge in [-0.2, -0.15) is 0 Å². The molecule has 6 fully saturated rings. The number of fused-ring (bicyclic) bond motifs is 5. The van der Waals surface area contributed by atoms with Crippen molar-refractivity contribution < 1.29 is 34.8 Å². The van der Waals surface area contributed by atoms with Crippen molar-refractivity contribution in [3.05, 3.63) is 82.5 Å². The van der Waals surface area contributed by atoms with E-state index in [0.717, 1.165) is 73.8 Å². The summed E-state index contributed by atoms with van der Waals surface area (Å²) < 4.78 is 6.54. The number of carbonyl (C=O) groups is 2. The lowest BCUT2D eigenvalue weighted by Crippen LogP contribution is -2.73. The van der Waals surface area contributed by atoms with Gasteiger partial charge in [-0.05, 0) is 178 Å². The summed E-state index contributed by atoms with van der Waals surface area (Å²) in [7, 11) is 1.89. The van der Waals surface area contributed by atoms with Gasteiger partial charge in [-0.1, -0.05) is 76.0 Å². The van der Waals surface area contributed by atoms with E-state index in [4.69, 9.17) is 10.5 Å². The highest BCUT2D eigenvalue weighted by atomic mass is 16.6. The zero-order chi connectivity index (χ0) is 47.5. The van der Waals surface area contributed by atoms with E-state index in [1.165, 1.54) is 11.1 Å². The molecule has 0 radical (unpaired) electrons. The smallest absolute Gasteiger partial charge is 0.159 e. The van der Waals surface area contributed by atoms with Crippen LogP contribution in [-0.4, -0.2) is 81.6 Å². The van der Waals surface area contributed by atoms with Crippen molar-refractivity contribution in [2.75, 3.05) is 25.9 Å². The molecule has 10 heteroatoms. The van der Waals surface area contributed by atoms with Crippen LogP contribution in [0.25, 0.3) is 0 Å². The molecule has 16 unspecified atom stereocenters. The number of hydrogen-bond acceptors (Lipinski definition) is 10. The van der Waals surface area contributed by atoms with Gasteiger partial charge in [-0.15, -0.1) is 0 Å². The van der Waals surface area contributed by atoms with Crippen molar-refractivity contribution in [2.24, 2.45) is 51.2 Å². The van der Waals surface area contributed by atoms with Crippen LogP contribution in [0.5, 0.6) is 5.75 Å². The number of anilines is 1. The Balaban J connectivity index is 1.03. The van der Waals surface area contributed by atoms with Gasteiger partial charge in [0.05, 0.1) is 23.2 Å². The summed E-state index contributed by atoms with van der Waals surface area (Å²) in [4.78, 5) is 30.9. The number of nitrogens with one attached hydrogen (secondary N) is 2. The van der Waals surface area contributed by atoms with Crippen molar-refractivity contribution in [3.63, 3.8) is 0 Å². The van der Waals surface area contributed by atoms with Crippen molar-refractivity contribution in [3.8, 4) is 5.75 Å². The lowest BCUT2D eigenvalue weighted by atomic mass is 9.31. The second-order valence-corrected chi connectivity index (χ2v) is 24.1. The topological polar surface area (TPSA) is 178 Å². The Labute approximate surface area is 399 Å². The van der Waals surface area contributed by atoms with Crippen LogP contribution in [0, 0.1) is 51.2 Å². The standard InChI is InChI=1S/C57H79N3O7/c1-33(24-44(63)51-55(5,67-51)40-15-10-14-39(40)35-12-9-13-37(58)27-35)47-41-17-18-46-54(4)42-16-11-21-56(50(65)48(42)36-25-34(31-59-6)26-38(62)28-36)20-8-7-19-52(2,66)32-60-43(49(54)56)29-57(46,22-23-61)53(41,3)30-45(47)64/h9,11-13,16,25-28,33,39-40,42-44,46,48-49,51,59-63,66H,7-8,10,14-15,17-24,29-32,58H2,1-6H3. The minimum atomic E-state index is -0.925. The molecule has 2 aliphatic heterocycles. The second kappa shape index (κ2) is 16.9. The molecule has 2 aromatic carbocycles. The first kappa shape index (κ1) is 47.3. The number of epoxide rings is 1. The van der Waals surface area contributed by atoms with Crippen LogP contribution >= 0.6 is 0 Å². The molecule has 16 atom stereocenters. The predicted molar refractivity (Wildman–Crippen MR) is 261 cm³/mol. The van der Waals surface area contributed by atoms with Crippen LogP contribution in [0.1, 0.15) is 153 Å². The number of aliphatic hydroxyl groups is 3. The average Bonchev–Trinajstić information content (AvgIpc) is 3.66. The Morgan fingerprint density at radius 3 is 2.55 bits per heavy atom. The number of allylic oxidation sites excluding steroid dienone is 4. The van der Waals surface area contributed by atoms with Crippen LogP contribution < -0.4 is 16.4 Å². The highest BCUT2D eigenvalue weighted by molar-refractivity contribution is 6.01. The number of nitrogens with two attached hydrogens (primary N) is 1. The van der Waals surface area contributed by atoms with E-state index in [-0.39, 0.29) is 65.7 Å². The molecule has 10 nitrogen and oxygen atoms in total. The molecule has 2 heterocycles. The van der Waals surface area contributed by atoms with Crippen molar-refractivity contribution in [1.29, 1.82) is 0 Å². The Kier molecular flexibility index (Phi) is 11.9. The quantitative estimate of drug-likeness (QED) is 0.0658. The SMILES string of the molecule is CNCc1cc(O)cc(C2C(=O)C34CC=CC2C2(C)C3C(CC3(CCO)C2CCC2=C(C(C)CC(O)C5OC5(C)C5CCCC5c5cccc(N)c5)C(=O)CC23C)NCC(C)(O)CCCC4)c1. The van der Waals surface area contributed by atoms with Gasteiger partial charge in [0.15, 0.2) is 5.78 Å². The van der Waals surface area contributed by atoms with Gasteiger partial charge in [0.2, 0.25) is 0 Å². The number of rotatable bonds is 11. The highest BCUT2D eigenvalue weighted by Gasteiger charge is 2.76. The maximum Gasteiger partial charge on any atom is 0.159 e. The molecule has 2 saturated heterocycles. The first-order valence-electron chi connectivity index (χ1n) is 26.1. The van der Waals surface area contributed by atoms with Crippen LogP contribution in [0.3, 0.4) is 0 Å². The molecular weight excluding hydrogens is 839 g/mol. The number of ether oxygens (including phenoxy) is 1. The van der Waals surface area contributed by atoms with Crippen molar-refractivity contribution in [2.45, 2.75) is 172 Å². The average molecular weight is 918 g/mol. The molecule has 1 spiro atoms. The van der Waals surface area contributed by atoms with Gasteiger partial charge in [-0.3, -0.25) is 9.59 Å². The van der Waals surface area contributed by atoms with Gasteiger partial charge < -0.3 is 41.5 Å². The largest absolute Gasteiger partial charge is 0.508 e. The Morgan fingerprint density at radius 1 is 1.00 bits per heavy atom. The Morgan fingerprint density at radius 2 is 1.79 bits per heavy atom. The maximum absolute atomic E-state index is 15.9. The lowest BCUT2D eigenvalue weighted by Gasteiger charge is -2.73. The van der Waals surface area contributed by atoms with Crippen LogP contribution in [0.2, 0.25) is 0 Å². The van der Waals surface area contributed by atoms with E-state index in [9.17, 15) is 25.2 Å². The molecular formula is C57H79N3O7. The van der Waals surface area contributed by atoms with Gasteiger partial charge in [0.25, 0.3) is 0 Å². The summed E-state index contributed by atoms with van der Waals surface area (Å²) in [6, 6.07) is 13.8. The monoisotopic (exact) mass is 918 g/mol. The van der Waals surface area contributed by atoms with Gasteiger partial charge in [-0.25, -0.2) is 0 Å². The molecule has 0 aromatic heterocycles. The zero-order valence-electron chi connectivity index (χ0n) is 41.1. The number of ketones is 2. The van der Waals surface area contributed by atoms with E-state index in [1.807, 2.05) is 32.2 Å². The predicted octanol–water partition coefficient (Wildman–Crippen LogP) is 8.42. The Bertz CT molecular complexity index is 2340. The summed E-state index contributed by atoms with van der Waals surface area (Å²) >= 11 is 0. The molecule has 0 amide bonds. The van der Waals surface area contributed by atoms with Gasteiger partial charge in [0, 0.05) is 48.7 Å². The number of β-amino-alcohol motifs (C(OH)–C–C–N with tert-alkyl or cyclic N) is 1. The van der Waals surface area contributed by atoms with Crippen molar-refractivity contribution in [1.82, 2.24) is 10.6 Å². The van der Waals surface area contributed by atoms with Crippen LogP contribution in [0.15, 0.2) is 65.8 Å². The molecule has 364 valence electrons. The number of nitrogen functional groups attached to an aromatic ring is 1. The van der Waals surface area contributed by atoms with Crippen LogP contribution in [0.4, 0.5) is 5.69 Å². The zero-order valence-corrected chi connectivity index (χ0v) is 41.1. The third-order valence-corrected chi connectivity index (χ3v) is 20.5. The van der Waals surface area contributed by atoms with E-state index in [0.29, 0.717) is 57.5 Å². The first-order chi connectivity index (χ1) is 31.9. The summed E-state index contributed by atoms with van der Waals surface area (Å²) in [5, 5.41) is 53.7. The molecule has 4 saturated carbocycles. The van der Waals surface area contributed by atoms with Crippen molar-refractivity contribution >= 4 is 17.3 Å². The number of phenolic OH excluding ortho intramolecular Hbond substituents is 1. The molecule has 2 aromatic rings. The number of hydrogen-bond donors (Lipinski definition) is 7. The fourth-order valence-corrected chi connectivity index (χ4v) is 17.9. The normalized spacial score (nSPS) is 43.3. The third-order valence-electron chi connectivity index (χ3n) is 20.5.